The summed E-state index contributed by atoms with van der Waals surface area (Å²) in [5, 5.41) is 5.51. The molecule has 0 fully saturated rings. The maximum Gasteiger partial charge on any atom is 0.171 e. The Kier molecular flexibility index (Phi) is 11.5. The fourth-order valence-corrected chi connectivity index (χ4v) is 15.0. The van der Waals surface area contributed by atoms with Crippen molar-refractivity contribution in [3.05, 3.63) is 299 Å². The first-order valence-electron chi connectivity index (χ1n) is 31.0. The first kappa shape index (κ1) is 52.9. The first-order chi connectivity index (χ1) is 43.2. The lowest BCUT2D eigenvalue weighted by Gasteiger charge is -2.36. The molecule has 17 rings (SSSR count). The highest BCUT2D eigenvalue weighted by Gasteiger charge is 2.51. The van der Waals surface area contributed by atoms with Crippen LogP contribution in [-0.4, -0.2) is 0 Å². The van der Waals surface area contributed by atoms with Crippen LogP contribution >= 0.6 is 0 Å². The van der Waals surface area contributed by atoms with Gasteiger partial charge < -0.3 is 23.1 Å². The van der Waals surface area contributed by atoms with Gasteiger partial charge in [0.05, 0.1) is 27.6 Å². The molecule has 12 aromatic carbocycles. The molecule has 0 bridgehead atoms. The predicted octanol–water partition coefficient (Wildman–Crippen LogP) is 23.3. The molecule has 3 aromatic heterocycles. The zero-order valence-corrected chi connectivity index (χ0v) is 50.8. The Morgan fingerprint density at radius 1 is 0.382 bits per heavy atom. The Morgan fingerprint density at radius 3 is 1.48 bits per heavy atom. The summed E-state index contributed by atoms with van der Waals surface area (Å²) < 4.78 is 39.0. The molecule has 0 unspecified atom stereocenters. The standard InChI is InChI=1S/C83H63FN2O3/c1-49-20-18-28-64-73-69(86(57-38-34-53(35-39-57)82(5,6)7)59-41-43-63-62-27-16-17-31-71(62)87-72(63)46-59)47-66-75(79(73)88-77(49)64)76-67(83(66,54-22-10-8-11-23-54)55-24-12-9-13-25-55)48-70(74-65-29-19-30-68(84)78(65)89-80(74)76)85(56-36-32-52(33-37-56)81(2,3)4)58-40-42-61-51(45-58)44-50-21-14-15-26-60(50)61/h8-43,45-48H,44H2,1-7H3. The van der Waals surface area contributed by atoms with Crippen LogP contribution in [0.15, 0.2) is 256 Å². The van der Waals surface area contributed by atoms with E-state index < -0.39 is 11.2 Å². The molecule has 0 atom stereocenters. The Morgan fingerprint density at radius 2 is 0.865 bits per heavy atom. The van der Waals surface area contributed by atoms with Gasteiger partial charge in [0.25, 0.3) is 0 Å². The number of hydrogen-bond acceptors (Lipinski definition) is 5. The second-order valence-electron chi connectivity index (χ2n) is 26.5. The lowest BCUT2D eigenvalue weighted by Crippen LogP contribution is -2.29. The summed E-state index contributed by atoms with van der Waals surface area (Å²) in [4.78, 5) is 4.79. The second-order valence-corrected chi connectivity index (χ2v) is 26.5. The molecule has 0 saturated carbocycles. The van der Waals surface area contributed by atoms with Crippen molar-refractivity contribution in [3.63, 3.8) is 0 Å². The lowest BCUT2D eigenvalue weighted by atomic mass is 9.67. The van der Waals surface area contributed by atoms with E-state index in [0.29, 0.717) is 16.6 Å². The van der Waals surface area contributed by atoms with E-state index in [1.165, 1.54) is 39.4 Å². The van der Waals surface area contributed by atoms with Crippen LogP contribution < -0.4 is 9.80 Å². The van der Waals surface area contributed by atoms with Crippen LogP contribution in [0.1, 0.15) is 91.6 Å². The molecule has 0 radical (unpaired) electrons. The van der Waals surface area contributed by atoms with E-state index in [9.17, 15) is 0 Å². The summed E-state index contributed by atoms with van der Waals surface area (Å²) in [5.74, 6) is -0.431. The topological polar surface area (TPSA) is 45.9 Å². The summed E-state index contributed by atoms with van der Waals surface area (Å²) in [6, 6.07) is 87.0. The van der Waals surface area contributed by atoms with Gasteiger partial charge in [-0.1, -0.05) is 205 Å². The molecule has 6 heteroatoms. The van der Waals surface area contributed by atoms with E-state index in [1.54, 1.807) is 0 Å². The normalized spacial score (nSPS) is 13.4. The van der Waals surface area contributed by atoms with Gasteiger partial charge in [-0.05, 0) is 158 Å². The zero-order valence-electron chi connectivity index (χ0n) is 50.8. The largest absolute Gasteiger partial charge is 0.456 e. The molecule has 0 N–H and O–H groups in total. The Bertz CT molecular complexity index is 5350. The van der Waals surface area contributed by atoms with Gasteiger partial charge in [0.15, 0.2) is 11.4 Å². The summed E-state index contributed by atoms with van der Waals surface area (Å²) in [6.07, 6.45) is 0.815. The minimum atomic E-state index is -1.05. The molecule has 0 saturated heterocycles. The van der Waals surface area contributed by atoms with Gasteiger partial charge >= 0.3 is 0 Å². The number of fused-ring (bicyclic) bond motifs is 17. The average Bonchev–Trinajstić information content (AvgIpc) is 1.51. The van der Waals surface area contributed by atoms with Crippen LogP contribution in [0.25, 0.3) is 88.1 Å². The van der Waals surface area contributed by atoms with E-state index >= 15 is 4.39 Å². The van der Waals surface area contributed by atoms with Crippen molar-refractivity contribution in [2.45, 2.75) is 71.1 Å². The number of furan rings is 3. The van der Waals surface area contributed by atoms with Crippen molar-refractivity contribution in [2.75, 3.05) is 9.80 Å². The maximum atomic E-state index is 17.2. The van der Waals surface area contributed by atoms with Crippen LogP contribution in [0.5, 0.6) is 0 Å². The van der Waals surface area contributed by atoms with Gasteiger partial charge in [-0.25, -0.2) is 4.39 Å². The molecule has 89 heavy (non-hydrogen) atoms. The van der Waals surface area contributed by atoms with Gasteiger partial charge in [-0.3, -0.25) is 0 Å². The third-order valence-corrected chi connectivity index (χ3v) is 19.2. The monoisotopic (exact) mass is 1150 g/mol. The lowest BCUT2D eigenvalue weighted by molar-refractivity contribution is 0.584. The fraction of sp³-hybridized carbons (Fsp3) is 0.133. The number of rotatable bonds is 8. The van der Waals surface area contributed by atoms with E-state index in [4.69, 9.17) is 13.3 Å². The number of anilines is 6. The van der Waals surface area contributed by atoms with Crippen LogP contribution in [0, 0.1) is 12.7 Å². The van der Waals surface area contributed by atoms with Crippen molar-refractivity contribution in [1.29, 1.82) is 0 Å². The molecular weight excluding hydrogens is 1090 g/mol. The molecule has 430 valence electrons. The molecule has 0 spiro atoms. The van der Waals surface area contributed by atoms with Crippen LogP contribution in [0.2, 0.25) is 0 Å². The number of aryl methyl sites for hydroxylation is 1. The quantitative estimate of drug-likeness (QED) is 0.152. The Balaban J connectivity index is 1.04. The van der Waals surface area contributed by atoms with E-state index in [0.717, 1.165) is 123 Å². The van der Waals surface area contributed by atoms with Crippen molar-refractivity contribution >= 4 is 99.9 Å². The van der Waals surface area contributed by atoms with Gasteiger partial charge in [-0.15, -0.1) is 0 Å². The maximum absolute atomic E-state index is 17.2. The van der Waals surface area contributed by atoms with Crippen LogP contribution in [0.4, 0.5) is 38.5 Å². The van der Waals surface area contributed by atoms with Gasteiger partial charge in [0.2, 0.25) is 0 Å². The Hall–Kier alpha value is -10.4. The molecule has 0 aliphatic heterocycles. The summed E-state index contributed by atoms with van der Waals surface area (Å²) in [5.41, 5.74) is 22.7. The second kappa shape index (κ2) is 19.3. The number of halogens is 1. The van der Waals surface area contributed by atoms with E-state index in [-0.39, 0.29) is 16.4 Å². The minimum absolute atomic E-state index is 0.0893. The molecule has 0 amide bonds. The number of benzene rings is 12. The summed E-state index contributed by atoms with van der Waals surface area (Å²) in [6.45, 7) is 15.7. The van der Waals surface area contributed by atoms with Gasteiger partial charge in [0, 0.05) is 61.5 Å². The summed E-state index contributed by atoms with van der Waals surface area (Å²) >= 11 is 0. The third kappa shape index (κ3) is 7.85. The molecule has 2 aliphatic rings. The SMILES string of the molecule is Cc1cccc2c1oc1c3c(cc(N(c4ccc(C(C)(C)C)cc4)c4ccc5c(c4)oc4ccccc45)c12)C(c1ccccc1)(c1ccccc1)c1cc(N(c2ccc(C(C)(C)C)cc2)c2ccc4c(c2)Cc2ccccc2-4)c2c(oc4c(F)cccc42)c1-3. The smallest absolute Gasteiger partial charge is 0.171 e. The van der Waals surface area contributed by atoms with Crippen molar-refractivity contribution in [2.24, 2.45) is 0 Å². The average molecular weight is 1160 g/mol. The third-order valence-electron chi connectivity index (χ3n) is 19.2. The van der Waals surface area contributed by atoms with Gasteiger partial charge in [-0.2, -0.15) is 0 Å². The Labute approximate surface area is 516 Å². The van der Waals surface area contributed by atoms with Crippen LogP contribution in [0.3, 0.4) is 0 Å². The zero-order chi connectivity index (χ0) is 60.2. The fourth-order valence-electron chi connectivity index (χ4n) is 15.0. The number of hydrogen-bond donors (Lipinski definition) is 0. The first-order valence-corrected chi connectivity index (χ1v) is 31.0. The minimum Gasteiger partial charge on any atom is -0.456 e. The molecule has 15 aromatic rings. The van der Waals surface area contributed by atoms with Gasteiger partial charge in [0.1, 0.15) is 27.9 Å². The van der Waals surface area contributed by atoms with Crippen molar-refractivity contribution in [1.82, 2.24) is 0 Å². The predicted molar refractivity (Wildman–Crippen MR) is 365 cm³/mol. The van der Waals surface area contributed by atoms with Crippen molar-refractivity contribution in [3.8, 4) is 22.3 Å². The van der Waals surface area contributed by atoms with Crippen molar-refractivity contribution < 1.29 is 17.6 Å². The van der Waals surface area contributed by atoms with Crippen LogP contribution in [-0.2, 0) is 22.7 Å². The van der Waals surface area contributed by atoms with E-state index in [1.807, 2.05) is 24.3 Å². The molecule has 2 aliphatic carbocycles. The molecular formula is C83H63FN2O3. The number of nitrogens with zero attached hydrogens (tertiary/aromatic N) is 2. The molecule has 5 nitrogen and oxygen atoms in total. The number of para-hydroxylation sites is 3. The highest BCUT2D eigenvalue weighted by molar-refractivity contribution is 6.25. The highest BCUT2D eigenvalue weighted by Crippen LogP contribution is 2.65. The van der Waals surface area contributed by atoms with E-state index in [2.05, 4.69) is 271 Å². The highest BCUT2D eigenvalue weighted by atomic mass is 19.1. The molecule has 3 heterocycles. The summed E-state index contributed by atoms with van der Waals surface area (Å²) in [7, 11) is 0.